The second kappa shape index (κ2) is 9.80. The molecule has 1 heterocycles. The van der Waals surface area contributed by atoms with Gasteiger partial charge < -0.3 is 4.74 Å². The van der Waals surface area contributed by atoms with E-state index >= 15 is 0 Å². The first-order valence-corrected chi connectivity index (χ1v) is 12.1. The van der Waals surface area contributed by atoms with Crippen molar-refractivity contribution in [2.24, 2.45) is 0 Å². The summed E-state index contributed by atoms with van der Waals surface area (Å²) >= 11 is 1.20. The normalized spacial score (nSPS) is 11.1. The van der Waals surface area contributed by atoms with Crippen LogP contribution in [-0.4, -0.2) is 38.2 Å². The summed E-state index contributed by atoms with van der Waals surface area (Å²) in [6, 6.07) is 24.0. The van der Waals surface area contributed by atoms with Crippen molar-refractivity contribution >= 4 is 38.1 Å². The minimum Gasteiger partial charge on any atom is -0.495 e. The van der Waals surface area contributed by atoms with E-state index in [-0.39, 0.29) is 15.7 Å². The number of carbonyl (C=O) groups excluding carboxylic acids is 1. The lowest BCUT2D eigenvalue weighted by Gasteiger charge is -2.25. The van der Waals surface area contributed by atoms with Crippen LogP contribution in [0.25, 0.3) is 10.6 Å². The fourth-order valence-electron chi connectivity index (χ4n) is 3.12. The maximum Gasteiger partial charge on any atom is 0.264 e. The van der Waals surface area contributed by atoms with Gasteiger partial charge in [0.15, 0.2) is 0 Å². The smallest absolute Gasteiger partial charge is 0.264 e. The molecule has 10 heteroatoms. The largest absolute Gasteiger partial charge is 0.495 e. The van der Waals surface area contributed by atoms with E-state index in [0.29, 0.717) is 10.8 Å². The van der Waals surface area contributed by atoms with Crippen LogP contribution in [0.5, 0.6) is 5.75 Å². The SMILES string of the molecule is COc1ccccc1N(CC(=O)Nc1nnc(-c2ccccc2)s1)S(=O)(=O)c1ccccc1. The summed E-state index contributed by atoms with van der Waals surface area (Å²) < 4.78 is 33.3. The molecule has 0 saturated carbocycles. The minimum atomic E-state index is -4.05. The van der Waals surface area contributed by atoms with E-state index in [1.807, 2.05) is 30.3 Å². The van der Waals surface area contributed by atoms with E-state index in [4.69, 9.17) is 4.74 Å². The number of hydrogen-bond acceptors (Lipinski definition) is 7. The predicted octanol–water partition coefficient (Wildman–Crippen LogP) is 4.05. The molecule has 0 atom stereocenters. The number of benzene rings is 3. The van der Waals surface area contributed by atoms with E-state index in [0.717, 1.165) is 9.87 Å². The van der Waals surface area contributed by atoms with Crippen molar-refractivity contribution < 1.29 is 17.9 Å². The van der Waals surface area contributed by atoms with Crippen LogP contribution in [0, 0.1) is 0 Å². The summed E-state index contributed by atoms with van der Waals surface area (Å²) in [5.74, 6) is -0.233. The Morgan fingerprint density at radius 3 is 2.27 bits per heavy atom. The van der Waals surface area contributed by atoms with Gasteiger partial charge >= 0.3 is 0 Å². The van der Waals surface area contributed by atoms with Gasteiger partial charge in [-0.25, -0.2) is 8.42 Å². The lowest BCUT2D eigenvalue weighted by Crippen LogP contribution is -2.38. The van der Waals surface area contributed by atoms with Crippen LogP contribution in [-0.2, 0) is 14.8 Å². The first kappa shape index (κ1) is 22.4. The Bertz CT molecular complexity index is 1340. The Kier molecular flexibility index (Phi) is 6.66. The zero-order valence-electron chi connectivity index (χ0n) is 17.6. The molecule has 0 aliphatic rings. The number of nitrogens with zero attached hydrogens (tertiary/aromatic N) is 3. The number of amides is 1. The van der Waals surface area contributed by atoms with Gasteiger partial charge in [0.2, 0.25) is 11.0 Å². The number of para-hydroxylation sites is 2. The van der Waals surface area contributed by atoms with Gasteiger partial charge in [0.1, 0.15) is 17.3 Å². The molecule has 1 N–H and O–H groups in total. The summed E-state index contributed by atoms with van der Waals surface area (Å²) in [6.45, 7) is -0.474. The maximum atomic E-state index is 13.4. The molecule has 0 fully saturated rings. The Labute approximate surface area is 195 Å². The van der Waals surface area contributed by atoms with Crippen molar-refractivity contribution in [3.63, 3.8) is 0 Å². The zero-order valence-corrected chi connectivity index (χ0v) is 19.2. The Balaban J connectivity index is 1.62. The van der Waals surface area contributed by atoms with Gasteiger partial charge in [-0.05, 0) is 24.3 Å². The standard InChI is InChI=1S/C23H20N4O4S2/c1-31-20-15-9-8-14-19(20)27(33(29,30)18-12-6-3-7-13-18)16-21(28)24-23-26-25-22(32-23)17-10-4-2-5-11-17/h2-15H,16H2,1H3,(H,24,26,28). The molecule has 1 amide bonds. The highest BCUT2D eigenvalue weighted by Crippen LogP contribution is 2.32. The average Bonchev–Trinajstić information content (AvgIpc) is 3.32. The monoisotopic (exact) mass is 480 g/mol. The van der Waals surface area contributed by atoms with Gasteiger partial charge in [-0.2, -0.15) is 0 Å². The quantitative estimate of drug-likeness (QED) is 0.408. The maximum absolute atomic E-state index is 13.4. The van der Waals surface area contributed by atoms with Gasteiger partial charge in [0, 0.05) is 5.56 Å². The van der Waals surface area contributed by atoms with Crippen LogP contribution in [0.4, 0.5) is 10.8 Å². The molecule has 1 aromatic heterocycles. The van der Waals surface area contributed by atoms with Gasteiger partial charge in [-0.15, -0.1) is 10.2 Å². The second-order valence-electron chi connectivity index (χ2n) is 6.82. The van der Waals surface area contributed by atoms with Crippen molar-refractivity contribution in [1.82, 2.24) is 10.2 Å². The predicted molar refractivity (Wildman–Crippen MR) is 128 cm³/mol. The topological polar surface area (TPSA) is 101 Å². The Morgan fingerprint density at radius 1 is 0.939 bits per heavy atom. The lowest BCUT2D eigenvalue weighted by molar-refractivity contribution is -0.114. The van der Waals surface area contributed by atoms with E-state index in [9.17, 15) is 13.2 Å². The van der Waals surface area contributed by atoms with Crippen molar-refractivity contribution in [3.05, 3.63) is 84.9 Å². The van der Waals surface area contributed by atoms with Crippen LogP contribution in [0.15, 0.2) is 89.8 Å². The molecule has 8 nitrogen and oxygen atoms in total. The number of anilines is 2. The van der Waals surface area contributed by atoms with Crippen molar-refractivity contribution in [2.45, 2.75) is 4.90 Å². The Hall–Kier alpha value is -3.76. The number of methoxy groups -OCH3 is 1. The highest BCUT2D eigenvalue weighted by molar-refractivity contribution is 7.92. The fraction of sp³-hybridized carbons (Fsp3) is 0.0870. The fourth-order valence-corrected chi connectivity index (χ4v) is 5.33. The third kappa shape index (κ3) is 5.02. The number of nitrogens with one attached hydrogen (secondary N) is 1. The summed E-state index contributed by atoms with van der Waals surface area (Å²) in [5.41, 5.74) is 1.12. The van der Waals surface area contributed by atoms with Gasteiger partial charge in [0.25, 0.3) is 10.0 Å². The third-order valence-corrected chi connectivity index (χ3v) is 7.33. The molecule has 0 saturated heterocycles. The number of aromatic nitrogens is 2. The van der Waals surface area contributed by atoms with Crippen LogP contribution in [0.3, 0.4) is 0 Å². The summed E-state index contributed by atoms with van der Waals surface area (Å²) in [4.78, 5) is 13.0. The lowest BCUT2D eigenvalue weighted by atomic mass is 10.2. The summed E-state index contributed by atoms with van der Waals surface area (Å²) in [5, 5.41) is 11.7. The highest BCUT2D eigenvalue weighted by Gasteiger charge is 2.29. The number of rotatable bonds is 8. The van der Waals surface area contributed by atoms with Crippen LogP contribution in [0.1, 0.15) is 0 Å². The van der Waals surface area contributed by atoms with Gasteiger partial charge in [-0.3, -0.25) is 14.4 Å². The second-order valence-corrected chi connectivity index (χ2v) is 9.66. The van der Waals surface area contributed by atoms with Crippen molar-refractivity contribution in [3.8, 4) is 16.3 Å². The number of hydrogen-bond donors (Lipinski definition) is 1. The van der Waals surface area contributed by atoms with Gasteiger partial charge in [-0.1, -0.05) is 72.0 Å². The molecular formula is C23H20N4O4S2. The number of carbonyl (C=O) groups is 1. The van der Waals surface area contributed by atoms with E-state index in [1.165, 1.54) is 30.6 Å². The molecule has 0 unspecified atom stereocenters. The van der Waals surface area contributed by atoms with Gasteiger partial charge in [0.05, 0.1) is 17.7 Å². The van der Waals surface area contributed by atoms with E-state index in [2.05, 4.69) is 15.5 Å². The summed E-state index contributed by atoms with van der Waals surface area (Å²) in [6.07, 6.45) is 0. The highest BCUT2D eigenvalue weighted by atomic mass is 32.2. The molecule has 3 aromatic carbocycles. The molecule has 168 valence electrons. The number of ether oxygens (including phenoxy) is 1. The van der Waals surface area contributed by atoms with Crippen LogP contribution in [0.2, 0.25) is 0 Å². The molecule has 33 heavy (non-hydrogen) atoms. The molecule has 4 rings (SSSR count). The number of sulfonamides is 1. The average molecular weight is 481 g/mol. The zero-order chi connectivity index (χ0) is 23.3. The van der Waals surface area contributed by atoms with Crippen LogP contribution >= 0.6 is 11.3 Å². The van der Waals surface area contributed by atoms with Crippen LogP contribution < -0.4 is 14.4 Å². The van der Waals surface area contributed by atoms with E-state index < -0.39 is 22.5 Å². The Morgan fingerprint density at radius 2 is 1.58 bits per heavy atom. The van der Waals surface area contributed by atoms with Crippen molar-refractivity contribution in [1.29, 1.82) is 0 Å². The van der Waals surface area contributed by atoms with E-state index in [1.54, 1.807) is 42.5 Å². The third-order valence-electron chi connectivity index (χ3n) is 4.66. The molecule has 0 aliphatic carbocycles. The summed E-state index contributed by atoms with van der Waals surface area (Å²) in [7, 11) is -2.61. The molecule has 0 aliphatic heterocycles. The molecule has 0 radical (unpaired) electrons. The molecule has 0 spiro atoms. The first-order valence-electron chi connectivity index (χ1n) is 9.88. The minimum absolute atomic E-state index is 0.0611. The van der Waals surface area contributed by atoms with Crippen molar-refractivity contribution in [2.75, 3.05) is 23.3 Å². The molecule has 0 bridgehead atoms. The first-order chi connectivity index (χ1) is 16.0. The molecular weight excluding hydrogens is 460 g/mol. The molecule has 4 aromatic rings.